The summed E-state index contributed by atoms with van der Waals surface area (Å²) < 4.78 is 81.3. The van der Waals surface area contributed by atoms with Crippen molar-refractivity contribution in [2.24, 2.45) is 0 Å². The molecule has 9 heteroatoms. The topological polar surface area (TPSA) is 64.6 Å². The summed E-state index contributed by atoms with van der Waals surface area (Å²) in [5.74, 6) is 1.15. The fourth-order valence-corrected chi connectivity index (χ4v) is 5.80. The van der Waals surface area contributed by atoms with Gasteiger partial charge in [-0.2, -0.15) is 13.2 Å². The Bertz CT molecular complexity index is 1610. The van der Waals surface area contributed by atoms with Crippen molar-refractivity contribution in [3.8, 4) is 17.2 Å². The molecule has 0 saturated heterocycles. The second-order valence-corrected chi connectivity index (χ2v) is 13.4. The average Bonchev–Trinajstić information content (AvgIpc) is 2.95. The molecule has 1 N–H and O–H groups in total. The third kappa shape index (κ3) is 7.33. The second kappa shape index (κ2) is 12.3. The molecule has 0 aliphatic carbocycles. The summed E-state index contributed by atoms with van der Waals surface area (Å²) in [4.78, 5) is 0.271. The van der Waals surface area contributed by atoms with Crippen LogP contribution in [0.3, 0.4) is 0 Å². The number of ether oxygens (including phenoxy) is 2. The highest BCUT2D eigenvalue weighted by Gasteiger charge is 2.53. The van der Waals surface area contributed by atoms with Crippen molar-refractivity contribution in [1.29, 1.82) is 0 Å². The van der Waals surface area contributed by atoms with Gasteiger partial charge in [-0.3, -0.25) is 0 Å². The zero-order chi connectivity index (χ0) is 31.5. The lowest BCUT2D eigenvalue weighted by Gasteiger charge is -2.33. The predicted molar refractivity (Wildman–Crippen MR) is 163 cm³/mol. The van der Waals surface area contributed by atoms with Gasteiger partial charge in [0, 0.05) is 12.2 Å². The molecule has 1 unspecified atom stereocenters. The first-order chi connectivity index (χ1) is 20.1. The summed E-state index contributed by atoms with van der Waals surface area (Å²) in [7, 11) is -3.74. The summed E-state index contributed by atoms with van der Waals surface area (Å²) in [5, 5.41) is 3.21. The van der Waals surface area contributed by atoms with Crippen LogP contribution in [0.2, 0.25) is 0 Å². The summed E-state index contributed by atoms with van der Waals surface area (Å²) in [5.41, 5.74) is -1.77. The molecule has 4 aromatic carbocycles. The lowest BCUT2D eigenvalue weighted by atomic mass is 9.75. The number of anilines is 1. The Morgan fingerprint density at radius 2 is 1.07 bits per heavy atom. The first-order valence-corrected chi connectivity index (χ1v) is 15.5. The molecule has 0 bridgehead atoms. The third-order valence-corrected chi connectivity index (χ3v) is 8.75. The van der Waals surface area contributed by atoms with Gasteiger partial charge in [-0.05, 0) is 118 Å². The number of alkyl halides is 3. The van der Waals surface area contributed by atoms with Crippen molar-refractivity contribution in [2.45, 2.75) is 68.0 Å². The standard InChI is InChI=1S/C34H36F3NO4S/c1-6-23-38-26-11-19-30(20-12-26)43(39,40)31-21-17-28(18-22-31)41-27-13-7-24(8-14-27)33(5,34(35,36)37)25-9-15-29(16-10-25)42-32(2,3)4/h7-22,38H,6,23H2,1-5H3. The van der Waals surface area contributed by atoms with Gasteiger partial charge in [0.05, 0.1) is 9.79 Å². The maximum absolute atomic E-state index is 14.5. The number of sulfone groups is 1. The van der Waals surface area contributed by atoms with E-state index in [0.717, 1.165) is 25.6 Å². The van der Waals surface area contributed by atoms with Gasteiger partial charge in [0.1, 0.15) is 28.3 Å². The van der Waals surface area contributed by atoms with Crippen molar-refractivity contribution in [1.82, 2.24) is 0 Å². The highest BCUT2D eigenvalue weighted by molar-refractivity contribution is 7.91. The maximum Gasteiger partial charge on any atom is 0.402 e. The van der Waals surface area contributed by atoms with Crippen molar-refractivity contribution >= 4 is 15.5 Å². The van der Waals surface area contributed by atoms with E-state index in [2.05, 4.69) is 5.32 Å². The second-order valence-electron chi connectivity index (χ2n) is 11.4. The smallest absolute Gasteiger partial charge is 0.402 e. The zero-order valence-corrected chi connectivity index (χ0v) is 25.6. The molecule has 1 atom stereocenters. The number of benzene rings is 4. The van der Waals surface area contributed by atoms with Gasteiger partial charge in [-0.25, -0.2) is 8.42 Å². The van der Waals surface area contributed by atoms with Crippen molar-refractivity contribution < 1.29 is 31.1 Å². The van der Waals surface area contributed by atoms with Crippen molar-refractivity contribution in [3.63, 3.8) is 0 Å². The molecule has 0 aliphatic heterocycles. The Labute approximate surface area is 251 Å². The zero-order valence-electron chi connectivity index (χ0n) is 24.8. The molecular weight excluding hydrogens is 575 g/mol. The quantitative estimate of drug-likeness (QED) is 0.194. The van der Waals surface area contributed by atoms with Gasteiger partial charge in [0.2, 0.25) is 9.84 Å². The average molecular weight is 612 g/mol. The summed E-state index contributed by atoms with van der Waals surface area (Å²) >= 11 is 0. The fourth-order valence-electron chi connectivity index (χ4n) is 4.54. The normalized spacial score (nSPS) is 13.7. The van der Waals surface area contributed by atoms with Gasteiger partial charge in [0.15, 0.2) is 0 Å². The van der Waals surface area contributed by atoms with Crippen LogP contribution in [0, 0.1) is 0 Å². The molecule has 228 valence electrons. The molecule has 0 amide bonds. The van der Waals surface area contributed by atoms with E-state index in [-0.39, 0.29) is 20.9 Å². The minimum atomic E-state index is -4.57. The Balaban J connectivity index is 1.51. The SMILES string of the molecule is CCCNc1ccc(S(=O)(=O)c2ccc(Oc3ccc(C(C)(c4ccc(OC(C)(C)C)cc4)C(F)(F)F)cc3)cc2)cc1. The predicted octanol–water partition coefficient (Wildman–Crippen LogP) is 9.18. The molecule has 0 aliphatic rings. The van der Waals surface area contributed by atoms with Gasteiger partial charge < -0.3 is 14.8 Å². The van der Waals surface area contributed by atoms with Gasteiger partial charge in [-0.15, -0.1) is 0 Å². The van der Waals surface area contributed by atoms with Crippen molar-refractivity contribution in [2.75, 3.05) is 11.9 Å². The molecule has 0 spiro atoms. The first kappa shape index (κ1) is 31.9. The number of rotatable bonds is 10. The minimum absolute atomic E-state index is 0.0502. The van der Waals surface area contributed by atoms with E-state index in [1.54, 1.807) is 36.4 Å². The Morgan fingerprint density at radius 3 is 1.49 bits per heavy atom. The highest BCUT2D eigenvalue weighted by atomic mass is 32.2. The van der Waals surface area contributed by atoms with Crippen LogP contribution in [0.25, 0.3) is 0 Å². The largest absolute Gasteiger partial charge is 0.488 e. The molecule has 0 radical (unpaired) electrons. The van der Waals surface area contributed by atoms with E-state index in [4.69, 9.17) is 9.47 Å². The van der Waals surface area contributed by atoms with Gasteiger partial charge in [0.25, 0.3) is 0 Å². The molecule has 43 heavy (non-hydrogen) atoms. The van der Waals surface area contributed by atoms with Crippen LogP contribution in [0.1, 0.15) is 52.2 Å². The molecular formula is C34H36F3NO4S. The molecule has 4 aromatic rings. The van der Waals surface area contributed by atoms with E-state index < -0.39 is 27.0 Å². The third-order valence-electron chi connectivity index (χ3n) is 6.97. The van der Waals surface area contributed by atoms with E-state index in [1.165, 1.54) is 60.7 Å². The molecule has 0 fully saturated rings. The summed E-state index contributed by atoms with van der Waals surface area (Å²) in [6.07, 6.45) is -3.62. The molecule has 0 aromatic heterocycles. The van der Waals surface area contributed by atoms with E-state index in [9.17, 15) is 21.6 Å². The molecule has 0 saturated carbocycles. The number of nitrogens with one attached hydrogen (secondary N) is 1. The lowest BCUT2D eigenvalue weighted by molar-refractivity contribution is -0.173. The number of halogens is 3. The van der Waals surface area contributed by atoms with Crippen LogP contribution >= 0.6 is 0 Å². The molecule has 4 rings (SSSR count). The van der Waals surface area contributed by atoms with Crippen LogP contribution in [-0.4, -0.2) is 26.7 Å². The monoisotopic (exact) mass is 611 g/mol. The Hall–Kier alpha value is -3.98. The first-order valence-electron chi connectivity index (χ1n) is 14.0. The fraction of sp³-hybridized carbons (Fsp3) is 0.294. The minimum Gasteiger partial charge on any atom is -0.488 e. The number of hydrogen-bond donors (Lipinski definition) is 1. The lowest BCUT2D eigenvalue weighted by Crippen LogP contribution is -2.40. The van der Waals surface area contributed by atoms with Crippen LogP contribution < -0.4 is 14.8 Å². The molecule has 0 heterocycles. The van der Waals surface area contributed by atoms with E-state index in [1.807, 2.05) is 27.7 Å². The number of hydrogen-bond acceptors (Lipinski definition) is 5. The maximum atomic E-state index is 14.5. The Morgan fingerprint density at radius 1 is 0.651 bits per heavy atom. The van der Waals surface area contributed by atoms with Crippen LogP contribution in [0.15, 0.2) is 107 Å². The van der Waals surface area contributed by atoms with Crippen LogP contribution in [0.4, 0.5) is 18.9 Å². The van der Waals surface area contributed by atoms with Crippen LogP contribution in [0.5, 0.6) is 17.2 Å². The summed E-state index contributed by atoms with van der Waals surface area (Å²) in [6, 6.07) is 24.2. The highest BCUT2D eigenvalue weighted by Crippen LogP contribution is 2.47. The summed E-state index contributed by atoms with van der Waals surface area (Å²) in [6.45, 7) is 9.59. The van der Waals surface area contributed by atoms with Gasteiger partial charge in [-0.1, -0.05) is 31.2 Å². The van der Waals surface area contributed by atoms with Crippen molar-refractivity contribution in [3.05, 3.63) is 108 Å². The Kier molecular flexibility index (Phi) is 9.16. The van der Waals surface area contributed by atoms with Gasteiger partial charge >= 0.3 is 6.18 Å². The van der Waals surface area contributed by atoms with Crippen LogP contribution in [-0.2, 0) is 15.3 Å². The van der Waals surface area contributed by atoms with E-state index >= 15 is 0 Å². The van der Waals surface area contributed by atoms with E-state index in [0.29, 0.717) is 17.2 Å². The molecule has 5 nitrogen and oxygen atoms in total.